The number of ether oxygens (including phenoxy) is 2. The Kier molecular flexibility index (Phi) is 17.9. The monoisotopic (exact) mass is 765 g/mol. The Morgan fingerprint density at radius 1 is 0.455 bits per heavy atom. The Hall–Kier alpha value is -3.02. The summed E-state index contributed by atoms with van der Waals surface area (Å²) in [5, 5.41) is 23.2. The van der Waals surface area contributed by atoms with Crippen LogP contribution in [0.25, 0.3) is 0 Å². The lowest BCUT2D eigenvalue weighted by atomic mass is 9.71. The van der Waals surface area contributed by atoms with Crippen molar-refractivity contribution in [1.82, 2.24) is 0 Å². The van der Waals surface area contributed by atoms with Crippen LogP contribution in [-0.2, 0) is 53.6 Å². The number of carbonyl (C=O) groups excluding carboxylic acids is 2. The molecule has 6 nitrogen and oxygen atoms in total. The zero-order valence-corrected chi connectivity index (χ0v) is 37.7. The number of phenols is 2. The van der Waals surface area contributed by atoms with E-state index in [1.807, 2.05) is 24.3 Å². The molecule has 0 aromatic heterocycles. The van der Waals surface area contributed by atoms with Crippen molar-refractivity contribution in [3.63, 3.8) is 0 Å². The van der Waals surface area contributed by atoms with E-state index in [0.717, 1.165) is 97.6 Å². The van der Waals surface area contributed by atoms with Gasteiger partial charge in [-0.25, -0.2) is 0 Å². The van der Waals surface area contributed by atoms with Gasteiger partial charge >= 0.3 is 11.9 Å². The standard InChI is InChI=1S/C49H80O6/c1-15-17-19-21-23-25-27-54-43(52)49(44(53)55-28-26-24-22-20-18-16-2,33-35-29-37(45(3,4)5)41(50)38(30-35)46(6,7)8)34-36-31-39(47(9,10)11)42(51)40(32-36)48(12,13)14/h29-32,50-51H,15-28,33-34H2,1-14H3. The fourth-order valence-corrected chi connectivity index (χ4v) is 7.38. The number of phenolic OH excluding ortho intramolecular Hbond substituents is 2. The van der Waals surface area contributed by atoms with Gasteiger partial charge in [-0.2, -0.15) is 0 Å². The molecular formula is C49H80O6. The minimum absolute atomic E-state index is 0.0423. The first-order chi connectivity index (χ1) is 25.4. The van der Waals surface area contributed by atoms with Gasteiger partial charge in [-0.15, -0.1) is 0 Å². The highest BCUT2D eigenvalue weighted by molar-refractivity contribution is 6.01. The Morgan fingerprint density at radius 2 is 0.709 bits per heavy atom. The van der Waals surface area contributed by atoms with Crippen LogP contribution in [0.4, 0.5) is 0 Å². The number of carbonyl (C=O) groups is 2. The third-order valence-electron chi connectivity index (χ3n) is 10.8. The van der Waals surface area contributed by atoms with Crippen molar-refractivity contribution in [2.24, 2.45) is 5.41 Å². The molecule has 0 atom stereocenters. The van der Waals surface area contributed by atoms with Gasteiger partial charge in [0.25, 0.3) is 0 Å². The Bertz CT molecular complexity index is 1340. The minimum Gasteiger partial charge on any atom is -0.507 e. The van der Waals surface area contributed by atoms with Crippen molar-refractivity contribution in [3.05, 3.63) is 57.6 Å². The molecule has 2 aromatic carbocycles. The predicted molar refractivity (Wildman–Crippen MR) is 230 cm³/mol. The zero-order chi connectivity index (χ0) is 41.8. The van der Waals surface area contributed by atoms with Crippen LogP contribution in [0.15, 0.2) is 24.3 Å². The number of benzene rings is 2. The fourth-order valence-electron chi connectivity index (χ4n) is 7.38. The van der Waals surface area contributed by atoms with Gasteiger partial charge in [0, 0.05) is 0 Å². The Balaban J connectivity index is 2.87. The van der Waals surface area contributed by atoms with Crippen LogP contribution >= 0.6 is 0 Å². The molecule has 0 amide bonds. The van der Waals surface area contributed by atoms with E-state index in [-0.39, 0.29) is 37.6 Å². The lowest BCUT2D eigenvalue weighted by Crippen LogP contribution is -2.46. The second-order valence-electron chi connectivity index (χ2n) is 20.3. The smallest absolute Gasteiger partial charge is 0.324 e. The van der Waals surface area contributed by atoms with Gasteiger partial charge in [0.15, 0.2) is 5.41 Å². The number of unbranched alkanes of at least 4 members (excludes halogenated alkanes) is 10. The van der Waals surface area contributed by atoms with Crippen molar-refractivity contribution in [1.29, 1.82) is 0 Å². The molecule has 0 aliphatic carbocycles. The molecule has 312 valence electrons. The third kappa shape index (κ3) is 14.1. The van der Waals surface area contributed by atoms with Gasteiger partial charge in [0.1, 0.15) is 11.5 Å². The normalized spacial score (nSPS) is 12.9. The van der Waals surface area contributed by atoms with Gasteiger partial charge in [0.05, 0.1) is 13.2 Å². The summed E-state index contributed by atoms with van der Waals surface area (Å²) >= 11 is 0. The van der Waals surface area contributed by atoms with E-state index in [1.54, 1.807) is 0 Å². The minimum atomic E-state index is -1.72. The summed E-state index contributed by atoms with van der Waals surface area (Å²) in [5.74, 6) is -0.679. The van der Waals surface area contributed by atoms with Crippen LogP contribution in [0.3, 0.4) is 0 Å². The molecule has 0 saturated carbocycles. The first-order valence-electron chi connectivity index (χ1n) is 21.5. The Morgan fingerprint density at radius 3 is 0.964 bits per heavy atom. The van der Waals surface area contributed by atoms with Gasteiger partial charge in [0.2, 0.25) is 0 Å². The SMILES string of the molecule is CCCCCCCCOC(=O)C(Cc1cc(C(C)(C)C)c(O)c(C(C)(C)C)c1)(Cc1cc(C(C)(C)C)c(O)c(C(C)(C)C)c1)C(=O)OCCCCCCCC. The first kappa shape index (κ1) is 48.1. The topological polar surface area (TPSA) is 93.1 Å². The zero-order valence-electron chi connectivity index (χ0n) is 37.7. The van der Waals surface area contributed by atoms with Gasteiger partial charge < -0.3 is 19.7 Å². The van der Waals surface area contributed by atoms with Crippen LogP contribution in [0.5, 0.6) is 11.5 Å². The van der Waals surface area contributed by atoms with Crippen LogP contribution < -0.4 is 0 Å². The number of aromatic hydroxyl groups is 2. The molecule has 0 unspecified atom stereocenters. The van der Waals surface area contributed by atoms with Crippen LogP contribution in [-0.4, -0.2) is 35.4 Å². The molecule has 0 saturated heterocycles. The van der Waals surface area contributed by atoms with E-state index >= 15 is 0 Å². The number of rotatable bonds is 20. The predicted octanol–water partition coefficient (Wildman–Crippen LogP) is 12.9. The van der Waals surface area contributed by atoms with Crippen molar-refractivity contribution in [2.45, 2.75) is 208 Å². The highest BCUT2D eigenvalue weighted by Crippen LogP contribution is 2.44. The molecular weight excluding hydrogens is 685 g/mol. The van der Waals surface area contributed by atoms with E-state index in [9.17, 15) is 19.8 Å². The number of esters is 2. The maximum absolute atomic E-state index is 14.9. The molecule has 0 spiro atoms. The summed E-state index contributed by atoms with van der Waals surface area (Å²) in [6.45, 7) is 29.6. The summed E-state index contributed by atoms with van der Waals surface area (Å²) in [6, 6.07) is 7.83. The number of hydrogen-bond donors (Lipinski definition) is 2. The van der Waals surface area contributed by atoms with Crippen molar-refractivity contribution in [2.75, 3.05) is 13.2 Å². The fraction of sp³-hybridized carbons (Fsp3) is 0.714. The van der Waals surface area contributed by atoms with Gasteiger partial charge in [-0.3, -0.25) is 9.59 Å². The average molecular weight is 765 g/mol. The third-order valence-corrected chi connectivity index (χ3v) is 10.8. The highest BCUT2D eigenvalue weighted by Gasteiger charge is 2.50. The van der Waals surface area contributed by atoms with Crippen LogP contribution in [0, 0.1) is 5.41 Å². The van der Waals surface area contributed by atoms with Crippen LogP contribution in [0.2, 0.25) is 0 Å². The van der Waals surface area contributed by atoms with E-state index in [0.29, 0.717) is 0 Å². The second-order valence-corrected chi connectivity index (χ2v) is 20.3. The molecule has 2 aromatic rings. The second kappa shape index (κ2) is 20.4. The maximum atomic E-state index is 14.9. The summed E-state index contributed by atoms with van der Waals surface area (Å²) in [7, 11) is 0. The molecule has 0 bridgehead atoms. The molecule has 0 aliphatic rings. The summed E-state index contributed by atoms with van der Waals surface area (Å²) in [6.07, 6.45) is 12.6. The largest absolute Gasteiger partial charge is 0.507 e. The molecule has 6 heteroatoms. The quantitative estimate of drug-likeness (QED) is 0.0792. The summed E-state index contributed by atoms with van der Waals surface area (Å²) in [5.41, 5.74) is 1.26. The molecule has 2 rings (SSSR count). The molecule has 0 heterocycles. The molecule has 0 fully saturated rings. The van der Waals surface area contributed by atoms with E-state index < -0.39 is 39.0 Å². The average Bonchev–Trinajstić information content (AvgIpc) is 3.06. The number of hydrogen-bond acceptors (Lipinski definition) is 6. The van der Waals surface area contributed by atoms with E-state index in [4.69, 9.17) is 9.47 Å². The molecule has 0 aliphatic heterocycles. The Labute approximate surface area is 336 Å². The van der Waals surface area contributed by atoms with E-state index in [1.165, 1.54) is 12.8 Å². The molecule has 2 N–H and O–H groups in total. The van der Waals surface area contributed by atoms with Gasteiger partial charge in [-0.05, 0) is 80.7 Å². The lowest BCUT2D eigenvalue weighted by Gasteiger charge is -2.33. The van der Waals surface area contributed by atoms with Crippen molar-refractivity contribution >= 4 is 11.9 Å². The first-order valence-corrected chi connectivity index (χ1v) is 21.5. The van der Waals surface area contributed by atoms with Crippen molar-refractivity contribution < 1.29 is 29.3 Å². The highest BCUT2D eigenvalue weighted by atomic mass is 16.6. The summed E-state index contributed by atoms with van der Waals surface area (Å²) < 4.78 is 12.3. The van der Waals surface area contributed by atoms with E-state index in [2.05, 4.69) is 96.9 Å². The molecule has 55 heavy (non-hydrogen) atoms. The van der Waals surface area contributed by atoms with Crippen LogP contribution in [0.1, 0.15) is 207 Å². The maximum Gasteiger partial charge on any atom is 0.324 e. The summed E-state index contributed by atoms with van der Waals surface area (Å²) in [4.78, 5) is 29.8. The molecule has 0 radical (unpaired) electrons. The lowest BCUT2D eigenvalue weighted by molar-refractivity contribution is -0.173. The van der Waals surface area contributed by atoms with Crippen molar-refractivity contribution in [3.8, 4) is 11.5 Å². The van der Waals surface area contributed by atoms with Gasteiger partial charge in [-0.1, -0.05) is 185 Å².